The number of hydrogen-bond donors (Lipinski definition) is 0. The van der Waals surface area contributed by atoms with Gasteiger partial charge in [-0.3, -0.25) is 4.79 Å². The maximum atomic E-state index is 13.0. The number of thiophene rings is 1. The van der Waals surface area contributed by atoms with Crippen LogP contribution in [-0.4, -0.2) is 12.5 Å². The van der Waals surface area contributed by atoms with E-state index in [1.54, 1.807) is 12.1 Å². The third-order valence-electron chi connectivity index (χ3n) is 4.68. The molecule has 0 N–H and O–H groups in total. The average molecular weight is 381 g/mol. The first-order valence-electron chi connectivity index (χ1n) is 8.97. The van der Waals surface area contributed by atoms with Gasteiger partial charge in [0, 0.05) is 17.8 Å². The topological polar surface area (TPSA) is 29.5 Å². The van der Waals surface area contributed by atoms with E-state index in [2.05, 4.69) is 19.1 Å². The van der Waals surface area contributed by atoms with Crippen molar-refractivity contribution in [3.8, 4) is 5.75 Å². The summed E-state index contributed by atoms with van der Waals surface area (Å²) in [5.41, 5.74) is 4.42. The number of nitrogens with zero attached hydrogens (tertiary/aromatic N) is 1. The molecule has 0 saturated carbocycles. The van der Waals surface area contributed by atoms with E-state index in [1.807, 2.05) is 22.4 Å². The van der Waals surface area contributed by atoms with Crippen LogP contribution in [0.4, 0.5) is 10.1 Å². The summed E-state index contributed by atoms with van der Waals surface area (Å²) in [6.45, 7) is 3.17. The molecule has 5 heteroatoms. The first kappa shape index (κ1) is 17.7. The normalized spacial score (nSPS) is 13.3. The second-order valence-corrected chi connectivity index (χ2v) is 7.67. The summed E-state index contributed by atoms with van der Waals surface area (Å²) in [5.74, 6) is 0.358. The Bertz CT molecular complexity index is 965. The van der Waals surface area contributed by atoms with E-state index in [-0.39, 0.29) is 11.7 Å². The van der Waals surface area contributed by atoms with Gasteiger partial charge in [0.1, 0.15) is 18.2 Å². The van der Waals surface area contributed by atoms with Crippen molar-refractivity contribution < 1.29 is 13.9 Å². The van der Waals surface area contributed by atoms with Crippen LogP contribution in [0, 0.1) is 12.7 Å². The SMILES string of the molecule is Cc1ccc2c(c1)CCCN2C(=O)c1cc(COc2ccc(F)cc2)cs1. The van der Waals surface area contributed by atoms with Crippen molar-refractivity contribution in [2.24, 2.45) is 0 Å². The van der Waals surface area contributed by atoms with Crippen LogP contribution in [0.1, 0.15) is 32.8 Å². The molecule has 0 unspecified atom stereocenters. The standard InChI is InChI=1S/C22H20FNO2S/c1-15-4-9-20-17(11-15)3-2-10-24(20)22(25)21-12-16(14-27-21)13-26-19-7-5-18(23)6-8-19/h4-9,11-12,14H,2-3,10,13H2,1H3. The Morgan fingerprint density at radius 2 is 2.00 bits per heavy atom. The summed E-state index contributed by atoms with van der Waals surface area (Å²) < 4.78 is 18.6. The summed E-state index contributed by atoms with van der Waals surface area (Å²) in [7, 11) is 0. The molecular weight excluding hydrogens is 361 g/mol. The fraction of sp³-hybridized carbons (Fsp3) is 0.227. The number of halogens is 1. The van der Waals surface area contributed by atoms with Crippen LogP contribution in [0.3, 0.4) is 0 Å². The second kappa shape index (κ2) is 7.53. The van der Waals surface area contributed by atoms with E-state index < -0.39 is 0 Å². The Morgan fingerprint density at radius 1 is 1.19 bits per heavy atom. The summed E-state index contributed by atoms with van der Waals surface area (Å²) >= 11 is 1.44. The van der Waals surface area contributed by atoms with Crippen LogP contribution < -0.4 is 9.64 Å². The molecule has 0 saturated heterocycles. The van der Waals surface area contributed by atoms with Crippen LogP contribution in [0.25, 0.3) is 0 Å². The Labute approximate surface area is 162 Å². The molecule has 4 rings (SSSR count). The van der Waals surface area contributed by atoms with E-state index in [0.29, 0.717) is 17.2 Å². The number of ether oxygens (including phenoxy) is 1. The quantitative estimate of drug-likeness (QED) is 0.608. The minimum atomic E-state index is -0.289. The van der Waals surface area contributed by atoms with Gasteiger partial charge in [-0.15, -0.1) is 11.3 Å². The van der Waals surface area contributed by atoms with Crippen LogP contribution in [0.15, 0.2) is 53.9 Å². The predicted octanol–water partition coefficient (Wildman–Crippen LogP) is 5.37. The van der Waals surface area contributed by atoms with Crippen molar-refractivity contribution in [3.05, 3.63) is 81.3 Å². The summed E-state index contributed by atoms with van der Waals surface area (Å²) in [5, 5.41) is 1.94. The molecule has 1 amide bonds. The minimum absolute atomic E-state index is 0.0397. The number of carbonyl (C=O) groups is 1. The monoisotopic (exact) mass is 381 g/mol. The predicted molar refractivity (Wildman–Crippen MR) is 106 cm³/mol. The Morgan fingerprint density at radius 3 is 2.81 bits per heavy atom. The number of amides is 1. The highest BCUT2D eigenvalue weighted by atomic mass is 32.1. The molecule has 0 aliphatic carbocycles. The van der Waals surface area contributed by atoms with Gasteiger partial charge in [0.25, 0.3) is 5.91 Å². The zero-order valence-electron chi connectivity index (χ0n) is 15.1. The molecule has 1 aliphatic heterocycles. The molecule has 2 aromatic carbocycles. The summed E-state index contributed by atoms with van der Waals surface area (Å²) in [6, 6.07) is 14.1. The first-order chi connectivity index (χ1) is 13.1. The van der Waals surface area contributed by atoms with Crippen molar-refractivity contribution in [1.82, 2.24) is 0 Å². The Hall–Kier alpha value is -2.66. The van der Waals surface area contributed by atoms with Crippen molar-refractivity contribution in [3.63, 3.8) is 0 Å². The summed E-state index contributed by atoms with van der Waals surface area (Å²) in [4.78, 5) is 15.6. The molecule has 1 aromatic heterocycles. The van der Waals surface area contributed by atoms with Gasteiger partial charge in [-0.2, -0.15) is 0 Å². The van der Waals surface area contributed by atoms with Crippen LogP contribution in [0.2, 0.25) is 0 Å². The van der Waals surface area contributed by atoms with Gasteiger partial charge >= 0.3 is 0 Å². The highest BCUT2D eigenvalue weighted by Crippen LogP contribution is 2.30. The van der Waals surface area contributed by atoms with Crippen molar-refractivity contribution in [2.45, 2.75) is 26.4 Å². The Balaban J connectivity index is 1.47. The average Bonchev–Trinajstić information content (AvgIpc) is 3.15. The number of anilines is 1. The minimum Gasteiger partial charge on any atom is -0.489 e. The molecular formula is C22H20FNO2S. The van der Waals surface area contributed by atoms with Crippen molar-refractivity contribution in [1.29, 1.82) is 0 Å². The number of benzene rings is 2. The molecule has 3 aromatic rings. The molecule has 1 aliphatic rings. The third-order valence-corrected chi connectivity index (χ3v) is 5.65. The lowest BCUT2D eigenvalue weighted by atomic mass is 9.99. The molecule has 0 bridgehead atoms. The summed E-state index contributed by atoms with van der Waals surface area (Å²) in [6.07, 6.45) is 2.00. The van der Waals surface area contributed by atoms with E-state index in [1.165, 1.54) is 34.6 Å². The van der Waals surface area contributed by atoms with Gasteiger partial charge in [0.05, 0.1) is 4.88 Å². The molecule has 2 heterocycles. The highest BCUT2D eigenvalue weighted by molar-refractivity contribution is 7.12. The van der Waals surface area contributed by atoms with Gasteiger partial charge in [0.15, 0.2) is 0 Å². The van der Waals surface area contributed by atoms with Crippen molar-refractivity contribution >= 4 is 22.9 Å². The van der Waals surface area contributed by atoms with Gasteiger partial charge in [0.2, 0.25) is 0 Å². The van der Waals surface area contributed by atoms with E-state index in [4.69, 9.17) is 4.74 Å². The number of fused-ring (bicyclic) bond motifs is 1. The number of carbonyl (C=O) groups excluding carboxylic acids is 1. The van der Waals surface area contributed by atoms with E-state index >= 15 is 0 Å². The maximum Gasteiger partial charge on any atom is 0.268 e. The van der Waals surface area contributed by atoms with E-state index in [0.717, 1.165) is 30.6 Å². The van der Waals surface area contributed by atoms with Crippen molar-refractivity contribution in [2.75, 3.05) is 11.4 Å². The molecule has 0 radical (unpaired) electrons. The third kappa shape index (κ3) is 3.88. The number of aryl methyl sites for hydroxylation is 2. The van der Waals surface area contributed by atoms with Gasteiger partial charge in [-0.25, -0.2) is 4.39 Å². The van der Waals surface area contributed by atoms with Crippen LogP contribution in [0.5, 0.6) is 5.75 Å². The lowest BCUT2D eigenvalue weighted by molar-refractivity contribution is 0.0989. The molecule has 27 heavy (non-hydrogen) atoms. The molecule has 0 spiro atoms. The second-order valence-electron chi connectivity index (χ2n) is 6.75. The van der Waals surface area contributed by atoms with Gasteiger partial charge < -0.3 is 9.64 Å². The van der Waals surface area contributed by atoms with Crippen LogP contribution >= 0.6 is 11.3 Å². The number of hydrogen-bond acceptors (Lipinski definition) is 3. The number of rotatable bonds is 4. The maximum absolute atomic E-state index is 13.0. The van der Waals surface area contributed by atoms with E-state index in [9.17, 15) is 9.18 Å². The zero-order chi connectivity index (χ0) is 18.8. The fourth-order valence-corrected chi connectivity index (χ4v) is 4.18. The fourth-order valence-electron chi connectivity index (χ4n) is 3.33. The van der Waals surface area contributed by atoms with Gasteiger partial charge in [-0.05, 0) is 67.1 Å². The molecule has 0 atom stereocenters. The van der Waals surface area contributed by atoms with Gasteiger partial charge in [-0.1, -0.05) is 17.7 Å². The highest BCUT2D eigenvalue weighted by Gasteiger charge is 2.24. The molecule has 3 nitrogen and oxygen atoms in total. The largest absolute Gasteiger partial charge is 0.489 e. The lowest BCUT2D eigenvalue weighted by Gasteiger charge is -2.29. The van der Waals surface area contributed by atoms with Crippen LogP contribution in [-0.2, 0) is 13.0 Å². The lowest BCUT2D eigenvalue weighted by Crippen LogP contribution is -2.35. The smallest absolute Gasteiger partial charge is 0.268 e. The Kier molecular flexibility index (Phi) is 4.94. The molecule has 138 valence electrons. The zero-order valence-corrected chi connectivity index (χ0v) is 15.9. The molecule has 0 fully saturated rings. The first-order valence-corrected chi connectivity index (χ1v) is 9.85.